The minimum atomic E-state index is -0.0887. The van der Waals surface area contributed by atoms with Gasteiger partial charge in [-0.05, 0) is 101 Å². The first kappa shape index (κ1) is 28.8. The SMILES string of the molecule is O=C(C=Cc1ccccc1)c1ccc(OCc2cc(O)cc(COc3ccc(C(=O)C=Cc4ccccc4)cc3)c2)cc1. The summed E-state index contributed by atoms with van der Waals surface area (Å²) in [5.74, 6) is 1.15. The van der Waals surface area contributed by atoms with E-state index in [1.807, 2.05) is 66.7 Å². The molecule has 0 aliphatic carbocycles. The van der Waals surface area contributed by atoms with Gasteiger partial charge in [-0.1, -0.05) is 72.8 Å². The van der Waals surface area contributed by atoms with Crippen molar-refractivity contribution in [2.75, 3.05) is 0 Å². The predicted octanol–water partition coefficient (Wildman–Crippen LogP) is 8.34. The van der Waals surface area contributed by atoms with E-state index in [0.717, 1.165) is 22.3 Å². The Morgan fingerprint density at radius 3 is 1.33 bits per heavy atom. The van der Waals surface area contributed by atoms with Crippen LogP contribution in [0.25, 0.3) is 12.2 Å². The first-order valence-electron chi connectivity index (χ1n) is 13.8. The predicted molar refractivity (Wildman–Crippen MR) is 169 cm³/mol. The Hall–Kier alpha value is -5.68. The van der Waals surface area contributed by atoms with Gasteiger partial charge in [-0.3, -0.25) is 9.59 Å². The molecule has 0 aliphatic rings. The average Bonchev–Trinajstić information content (AvgIpc) is 3.05. The van der Waals surface area contributed by atoms with Gasteiger partial charge >= 0.3 is 0 Å². The third-order valence-corrected chi connectivity index (χ3v) is 6.58. The summed E-state index contributed by atoms with van der Waals surface area (Å²) in [7, 11) is 0. The molecule has 0 bridgehead atoms. The molecule has 0 aliphatic heterocycles. The molecule has 0 aromatic heterocycles. The lowest BCUT2D eigenvalue weighted by Gasteiger charge is -2.11. The van der Waals surface area contributed by atoms with E-state index in [-0.39, 0.29) is 30.5 Å². The highest BCUT2D eigenvalue weighted by molar-refractivity contribution is 6.07. The molecular weight excluding hydrogens is 536 g/mol. The Bertz CT molecular complexity index is 1590. The van der Waals surface area contributed by atoms with E-state index >= 15 is 0 Å². The number of rotatable bonds is 12. The Morgan fingerprint density at radius 1 is 0.535 bits per heavy atom. The van der Waals surface area contributed by atoms with Crippen LogP contribution in [0.4, 0.5) is 0 Å². The highest BCUT2D eigenvalue weighted by Crippen LogP contribution is 2.21. The number of hydrogen-bond acceptors (Lipinski definition) is 5. The standard InChI is InChI=1S/C38H30O5/c39-34-24-30(26-42-35-17-13-32(14-18-35)37(40)21-11-28-7-3-1-4-8-28)23-31(25-34)27-43-36-19-15-33(16-20-36)38(41)22-12-29-9-5-2-6-10-29/h1-25,39H,26-27H2. The number of benzene rings is 5. The van der Waals surface area contributed by atoms with Gasteiger partial charge in [-0.25, -0.2) is 0 Å². The number of aromatic hydroxyl groups is 1. The van der Waals surface area contributed by atoms with Gasteiger partial charge in [-0.2, -0.15) is 0 Å². The zero-order valence-electron chi connectivity index (χ0n) is 23.4. The molecule has 0 radical (unpaired) electrons. The highest BCUT2D eigenvalue weighted by Gasteiger charge is 2.07. The van der Waals surface area contributed by atoms with Crippen molar-refractivity contribution in [3.63, 3.8) is 0 Å². The molecule has 0 atom stereocenters. The summed E-state index contributed by atoms with van der Waals surface area (Å²) in [6.45, 7) is 0.464. The van der Waals surface area contributed by atoms with Crippen molar-refractivity contribution in [3.8, 4) is 17.2 Å². The second-order valence-corrected chi connectivity index (χ2v) is 9.85. The summed E-state index contributed by atoms with van der Waals surface area (Å²) in [5.41, 5.74) is 4.61. The smallest absolute Gasteiger partial charge is 0.185 e. The Kier molecular flexibility index (Phi) is 9.58. The van der Waals surface area contributed by atoms with Crippen LogP contribution >= 0.6 is 0 Å². The van der Waals surface area contributed by atoms with Gasteiger partial charge in [0, 0.05) is 11.1 Å². The molecule has 212 valence electrons. The minimum absolute atomic E-state index is 0.0887. The topological polar surface area (TPSA) is 72.8 Å². The molecule has 5 rings (SSSR count). The first-order chi connectivity index (χ1) is 21.0. The molecule has 0 saturated heterocycles. The first-order valence-corrected chi connectivity index (χ1v) is 13.8. The van der Waals surface area contributed by atoms with Gasteiger partial charge in [0.2, 0.25) is 0 Å². The lowest BCUT2D eigenvalue weighted by Crippen LogP contribution is -2.00. The lowest BCUT2D eigenvalue weighted by atomic mass is 10.1. The van der Waals surface area contributed by atoms with Crippen molar-refractivity contribution in [2.45, 2.75) is 13.2 Å². The Balaban J connectivity index is 1.12. The van der Waals surface area contributed by atoms with Crippen LogP contribution in [0, 0.1) is 0 Å². The summed E-state index contributed by atoms with van der Waals surface area (Å²) in [6.07, 6.45) is 6.69. The van der Waals surface area contributed by atoms with Gasteiger partial charge < -0.3 is 14.6 Å². The molecule has 5 nitrogen and oxygen atoms in total. The van der Waals surface area contributed by atoms with Crippen molar-refractivity contribution in [2.24, 2.45) is 0 Å². The van der Waals surface area contributed by atoms with Gasteiger partial charge in [-0.15, -0.1) is 0 Å². The van der Waals surface area contributed by atoms with E-state index in [1.54, 1.807) is 85.0 Å². The lowest BCUT2D eigenvalue weighted by molar-refractivity contribution is 0.103. The molecule has 43 heavy (non-hydrogen) atoms. The van der Waals surface area contributed by atoms with Crippen LogP contribution in [-0.4, -0.2) is 16.7 Å². The number of phenols is 1. The number of phenolic OH excluding ortho intramolecular Hbond substituents is 1. The Labute approximate surface area is 251 Å². The van der Waals surface area contributed by atoms with Gasteiger partial charge in [0.05, 0.1) is 0 Å². The fourth-order valence-corrected chi connectivity index (χ4v) is 4.34. The zero-order chi connectivity index (χ0) is 29.9. The molecule has 5 aromatic carbocycles. The molecular formula is C38H30O5. The molecule has 0 spiro atoms. The van der Waals surface area contributed by atoms with Crippen LogP contribution in [-0.2, 0) is 13.2 Å². The molecule has 0 saturated carbocycles. The third kappa shape index (κ3) is 8.65. The molecule has 5 heteroatoms. The largest absolute Gasteiger partial charge is 0.508 e. The monoisotopic (exact) mass is 566 g/mol. The number of allylic oxidation sites excluding steroid dienone is 2. The summed E-state index contributed by atoms with van der Waals surface area (Å²) in [5, 5.41) is 10.2. The van der Waals surface area contributed by atoms with Crippen molar-refractivity contribution >= 4 is 23.7 Å². The minimum Gasteiger partial charge on any atom is -0.508 e. The number of hydrogen-bond donors (Lipinski definition) is 1. The number of ether oxygens (including phenoxy) is 2. The maximum Gasteiger partial charge on any atom is 0.185 e. The van der Waals surface area contributed by atoms with Gasteiger partial charge in [0.1, 0.15) is 30.5 Å². The quantitative estimate of drug-likeness (QED) is 0.121. The van der Waals surface area contributed by atoms with E-state index in [0.29, 0.717) is 22.6 Å². The van der Waals surface area contributed by atoms with Crippen molar-refractivity contribution in [3.05, 3.63) is 173 Å². The van der Waals surface area contributed by atoms with Crippen LogP contribution in [0.15, 0.2) is 140 Å². The fraction of sp³-hybridized carbons (Fsp3) is 0.0526. The van der Waals surface area contributed by atoms with E-state index in [4.69, 9.17) is 9.47 Å². The second kappa shape index (κ2) is 14.3. The van der Waals surface area contributed by atoms with Crippen LogP contribution in [0.2, 0.25) is 0 Å². The summed E-state index contributed by atoms with van der Waals surface area (Å²) in [6, 6.07) is 38.4. The number of carbonyl (C=O) groups is 2. The molecule has 0 amide bonds. The van der Waals surface area contributed by atoms with Gasteiger partial charge in [0.15, 0.2) is 11.6 Å². The Morgan fingerprint density at radius 2 is 0.930 bits per heavy atom. The van der Waals surface area contributed by atoms with E-state index < -0.39 is 0 Å². The average molecular weight is 567 g/mol. The number of ketones is 2. The zero-order valence-corrected chi connectivity index (χ0v) is 23.4. The van der Waals surface area contributed by atoms with E-state index in [1.165, 1.54) is 0 Å². The summed E-state index contributed by atoms with van der Waals surface area (Å²) >= 11 is 0. The molecule has 0 heterocycles. The molecule has 1 N–H and O–H groups in total. The van der Waals surface area contributed by atoms with Crippen LogP contribution in [0.3, 0.4) is 0 Å². The van der Waals surface area contributed by atoms with Crippen molar-refractivity contribution in [1.29, 1.82) is 0 Å². The summed E-state index contributed by atoms with van der Waals surface area (Å²) < 4.78 is 11.8. The molecule has 0 fully saturated rings. The van der Waals surface area contributed by atoms with E-state index in [2.05, 4.69) is 0 Å². The van der Waals surface area contributed by atoms with Crippen LogP contribution < -0.4 is 9.47 Å². The van der Waals surface area contributed by atoms with Crippen molar-refractivity contribution in [1.82, 2.24) is 0 Å². The van der Waals surface area contributed by atoms with Gasteiger partial charge in [0.25, 0.3) is 0 Å². The normalized spacial score (nSPS) is 11.1. The van der Waals surface area contributed by atoms with Crippen molar-refractivity contribution < 1.29 is 24.2 Å². The highest BCUT2D eigenvalue weighted by atomic mass is 16.5. The van der Waals surface area contributed by atoms with Crippen LogP contribution in [0.5, 0.6) is 17.2 Å². The second-order valence-electron chi connectivity index (χ2n) is 9.85. The maximum atomic E-state index is 12.5. The summed E-state index contributed by atoms with van der Waals surface area (Å²) in [4.78, 5) is 25.0. The molecule has 5 aromatic rings. The maximum absolute atomic E-state index is 12.5. The third-order valence-electron chi connectivity index (χ3n) is 6.58. The number of carbonyl (C=O) groups excluding carboxylic acids is 2. The molecule has 0 unspecified atom stereocenters. The van der Waals surface area contributed by atoms with E-state index in [9.17, 15) is 14.7 Å². The fourth-order valence-electron chi connectivity index (χ4n) is 4.34. The van der Waals surface area contributed by atoms with Crippen LogP contribution in [0.1, 0.15) is 43.0 Å².